The SMILES string of the molecule is CC(N)C1CCN(Cc2ccncc2)CC1.Cl. The molecule has 1 aliphatic heterocycles. The first-order valence-electron chi connectivity index (χ1n) is 6.12. The van der Waals surface area contributed by atoms with Crippen LogP contribution in [0.3, 0.4) is 0 Å². The monoisotopic (exact) mass is 255 g/mol. The largest absolute Gasteiger partial charge is 0.328 e. The van der Waals surface area contributed by atoms with Gasteiger partial charge in [0.25, 0.3) is 0 Å². The number of nitrogens with zero attached hydrogens (tertiary/aromatic N) is 2. The second kappa shape index (κ2) is 6.94. The Morgan fingerprint density at radius 2 is 1.94 bits per heavy atom. The third kappa shape index (κ3) is 4.26. The van der Waals surface area contributed by atoms with Crippen molar-refractivity contribution in [3.63, 3.8) is 0 Å². The topological polar surface area (TPSA) is 42.1 Å². The molecule has 2 rings (SSSR count). The fourth-order valence-electron chi connectivity index (χ4n) is 2.38. The molecule has 4 heteroatoms. The van der Waals surface area contributed by atoms with E-state index in [1.165, 1.54) is 31.5 Å². The molecule has 1 unspecified atom stereocenters. The normalized spacial score (nSPS) is 19.6. The highest BCUT2D eigenvalue weighted by atomic mass is 35.5. The zero-order chi connectivity index (χ0) is 11.4. The quantitative estimate of drug-likeness (QED) is 0.899. The number of hydrogen-bond acceptors (Lipinski definition) is 3. The highest BCUT2D eigenvalue weighted by Crippen LogP contribution is 2.20. The summed E-state index contributed by atoms with van der Waals surface area (Å²) in [5.74, 6) is 0.716. The van der Waals surface area contributed by atoms with E-state index in [-0.39, 0.29) is 12.4 Å². The first-order chi connectivity index (χ1) is 7.75. The van der Waals surface area contributed by atoms with Crippen LogP contribution in [0.25, 0.3) is 0 Å². The van der Waals surface area contributed by atoms with Crippen molar-refractivity contribution in [3.05, 3.63) is 30.1 Å². The fraction of sp³-hybridized carbons (Fsp3) is 0.615. The van der Waals surface area contributed by atoms with Crippen LogP contribution >= 0.6 is 12.4 Å². The maximum Gasteiger partial charge on any atom is 0.0271 e. The minimum absolute atomic E-state index is 0. The van der Waals surface area contributed by atoms with E-state index in [1.54, 1.807) is 0 Å². The molecule has 0 amide bonds. The van der Waals surface area contributed by atoms with E-state index in [0.717, 1.165) is 6.54 Å². The van der Waals surface area contributed by atoms with Crippen LogP contribution in [0, 0.1) is 5.92 Å². The first kappa shape index (κ1) is 14.4. The number of hydrogen-bond donors (Lipinski definition) is 1. The Labute approximate surface area is 110 Å². The summed E-state index contributed by atoms with van der Waals surface area (Å²) in [4.78, 5) is 6.55. The zero-order valence-corrected chi connectivity index (χ0v) is 11.2. The third-order valence-electron chi connectivity index (χ3n) is 3.53. The molecule has 1 aliphatic rings. The number of aromatic nitrogens is 1. The van der Waals surface area contributed by atoms with Gasteiger partial charge in [-0.1, -0.05) is 0 Å². The fourth-order valence-corrected chi connectivity index (χ4v) is 2.38. The van der Waals surface area contributed by atoms with Gasteiger partial charge in [0.05, 0.1) is 0 Å². The molecule has 0 aliphatic carbocycles. The Kier molecular flexibility index (Phi) is 5.89. The van der Waals surface area contributed by atoms with Gasteiger partial charge in [-0.15, -0.1) is 12.4 Å². The molecule has 0 radical (unpaired) electrons. The predicted octanol–water partition coefficient (Wildman–Crippen LogP) is 2.06. The van der Waals surface area contributed by atoms with E-state index >= 15 is 0 Å². The molecule has 1 aromatic heterocycles. The van der Waals surface area contributed by atoms with Crippen LogP contribution in [0.2, 0.25) is 0 Å². The summed E-state index contributed by atoms with van der Waals surface area (Å²) in [6.07, 6.45) is 6.21. The third-order valence-corrected chi connectivity index (χ3v) is 3.53. The Balaban J connectivity index is 0.00000144. The summed E-state index contributed by atoms with van der Waals surface area (Å²) in [6.45, 7) is 5.53. The minimum Gasteiger partial charge on any atom is -0.328 e. The van der Waals surface area contributed by atoms with Gasteiger partial charge in [-0.05, 0) is 56.5 Å². The molecular formula is C13H22ClN3. The van der Waals surface area contributed by atoms with Crippen molar-refractivity contribution >= 4 is 12.4 Å². The van der Waals surface area contributed by atoms with Crippen molar-refractivity contribution in [1.29, 1.82) is 0 Å². The average Bonchev–Trinajstić information content (AvgIpc) is 2.31. The predicted molar refractivity (Wildman–Crippen MR) is 73.1 cm³/mol. The molecule has 1 atom stereocenters. The summed E-state index contributed by atoms with van der Waals surface area (Å²) in [6, 6.07) is 4.54. The van der Waals surface area contributed by atoms with Crippen LogP contribution in [-0.4, -0.2) is 29.0 Å². The molecule has 96 valence electrons. The van der Waals surface area contributed by atoms with Crippen LogP contribution in [0.15, 0.2) is 24.5 Å². The molecule has 2 N–H and O–H groups in total. The summed E-state index contributed by atoms with van der Waals surface area (Å²) in [7, 11) is 0. The number of pyridine rings is 1. The number of nitrogens with two attached hydrogens (primary N) is 1. The van der Waals surface area contributed by atoms with Gasteiger partial charge >= 0.3 is 0 Å². The highest BCUT2D eigenvalue weighted by molar-refractivity contribution is 5.85. The van der Waals surface area contributed by atoms with Crippen LogP contribution in [-0.2, 0) is 6.54 Å². The van der Waals surface area contributed by atoms with Crippen LogP contribution in [0.1, 0.15) is 25.3 Å². The lowest BCUT2D eigenvalue weighted by Gasteiger charge is -2.33. The summed E-state index contributed by atoms with van der Waals surface area (Å²) in [5.41, 5.74) is 7.29. The van der Waals surface area contributed by atoms with E-state index < -0.39 is 0 Å². The molecule has 1 aromatic rings. The molecule has 2 heterocycles. The zero-order valence-electron chi connectivity index (χ0n) is 10.4. The summed E-state index contributed by atoms with van der Waals surface area (Å²) >= 11 is 0. The lowest BCUT2D eigenvalue weighted by atomic mass is 9.91. The lowest BCUT2D eigenvalue weighted by molar-refractivity contribution is 0.165. The first-order valence-corrected chi connectivity index (χ1v) is 6.12. The molecule has 1 fully saturated rings. The van der Waals surface area contributed by atoms with Crippen LogP contribution < -0.4 is 5.73 Å². The van der Waals surface area contributed by atoms with E-state index in [9.17, 15) is 0 Å². The minimum atomic E-state index is 0. The van der Waals surface area contributed by atoms with Gasteiger partial charge in [-0.25, -0.2) is 0 Å². The average molecular weight is 256 g/mol. The molecule has 0 bridgehead atoms. The molecule has 3 nitrogen and oxygen atoms in total. The molecule has 0 aromatic carbocycles. The molecule has 17 heavy (non-hydrogen) atoms. The second-order valence-electron chi connectivity index (χ2n) is 4.83. The summed E-state index contributed by atoms with van der Waals surface area (Å²) < 4.78 is 0. The Morgan fingerprint density at radius 3 is 2.47 bits per heavy atom. The van der Waals surface area contributed by atoms with Gasteiger partial charge in [-0.3, -0.25) is 9.88 Å². The summed E-state index contributed by atoms with van der Waals surface area (Å²) in [5, 5.41) is 0. The Bertz CT molecular complexity index is 308. The molecule has 1 saturated heterocycles. The number of rotatable bonds is 3. The van der Waals surface area contributed by atoms with E-state index in [1.807, 2.05) is 12.4 Å². The molecular weight excluding hydrogens is 234 g/mol. The maximum atomic E-state index is 5.94. The van der Waals surface area contributed by atoms with Gasteiger partial charge in [0, 0.05) is 25.0 Å². The van der Waals surface area contributed by atoms with Crippen LogP contribution in [0.5, 0.6) is 0 Å². The van der Waals surface area contributed by atoms with Crippen molar-refractivity contribution in [2.75, 3.05) is 13.1 Å². The number of likely N-dealkylation sites (tertiary alicyclic amines) is 1. The lowest BCUT2D eigenvalue weighted by Crippen LogP contribution is -2.39. The smallest absolute Gasteiger partial charge is 0.0271 e. The van der Waals surface area contributed by atoms with Gasteiger partial charge in [0.15, 0.2) is 0 Å². The van der Waals surface area contributed by atoms with Crippen molar-refractivity contribution in [1.82, 2.24) is 9.88 Å². The standard InChI is InChI=1S/C13H21N3.ClH/c1-11(14)13-4-8-16(9-5-13)10-12-2-6-15-7-3-12;/h2-3,6-7,11,13H,4-5,8-10,14H2,1H3;1H. The second-order valence-corrected chi connectivity index (χ2v) is 4.83. The Morgan fingerprint density at radius 1 is 1.35 bits per heavy atom. The Hall–Kier alpha value is -0.640. The van der Waals surface area contributed by atoms with Crippen molar-refractivity contribution < 1.29 is 0 Å². The van der Waals surface area contributed by atoms with Crippen molar-refractivity contribution in [3.8, 4) is 0 Å². The van der Waals surface area contributed by atoms with Crippen molar-refractivity contribution in [2.45, 2.75) is 32.4 Å². The number of piperidine rings is 1. The van der Waals surface area contributed by atoms with E-state index in [4.69, 9.17) is 5.73 Å². The number of halogens is 1. The highest BCUT2D eigenvalue weighted by Gasteiger charge is 2.21. The van der Waals surface area contributed by atoms with Gasteiger partial charge in [0.2, 0.25) is 0 Å². The molecule has 0 spiro atoms. The van der Waals surface area contributed by atoms with E-state index in [0.29, 0.717) is 12.0 Å². The maximum absolute atomic E-state index is 5.94. The van der Waals surface area contributed by atoms with Crippen molar-refractivity contribution in [2.24, 2.45) is 11.7 Å². The van der Waals surface area contributed by atoms with Gasteiger partial charge < -0.3 is 5.73 Å². The van der Waals surface area contributed by atoms with Gasteiger partial charge in [0.1, 0.15) is 0 Å². The van der Waals surface area contributed by atoms with Crippen LogP contribution in [0.4, 0.5) is 0 Å². The van der Waals surface area contributed by atoms with Gasteiger partial charge in [-0.2, -0.15) is 0 Å². The van der Waals surface area contributed by atoms with E-state index in [2.05, 4.69) is 28.9 Å². The molecule has 0 saturated carbocycles.